The van der Waals surface area contributed by atoms with Crippen molar-refractivity contribution in [2.75, 3.05) is 87.8 Å². The zero-order valence-corrected chi connectivity index (χ0v) is 37.7. The molecule has 1 aromatic carbocycles. The molecular weight excluding hydrogens is 823 g/mol. The average molecular weight is 882 g/mol. The normalized spacial score (nSPS) is 18.1. The van der Waals surface area contributed by atoms with E-state index in [0.717, 1.165) is 68.8 Å². The predicted octanol–water partition coefficient (Wildman–Crippen LogP) is 4.86. The van der Waals surface area contributed by atoms with Crippen LogP contribution in [0.2, 0.25) is 0 Å². The van der Waals surface area contributed by atoms with Gasteiger partial charge in [-0.1, -0.05) is 37.6 Å². The largest absolute Gasteiger partial charge is 0.382 e. The van der Waals surface area contributed by atoms with Crippen molar-refractivity contribution in [1.82, 2.24) is 35.1 Å². The Balaban J connectivity index is 0.764. The topological polar surface area (TPSA) is 197 Å². The number of ether oxygens (including phenoxy) is 2. The maximum atomic E-state index is 13.6. The van der Waals surface area contributed by atoms with Gasteiger partial charge in [-0.05, 0) is 75.9 Å². The van der Waals surface area contributed by atoms with Gasteiger partial charge < -0.3 is 35.6 Å². The summed E-state index contributed by atoms with van der Waals surface area (Å²) in [5, 5.41) is 14.1. The highest BCUT2D eigenvalue weighted by Crippen LogP contribution is 2.32. The Hall–Kier alpha value is -5.43. The van der Waals surface area contributed by atoms with E-state index in [9.17, 15) is 19.2 Å². The molecule has 2 unspecified atom stereocenters. The quantitative estimate of drug-likeness (QED) is 0.0781. The molecule has 17 nitrogen and oxygen atoms in total. The first kappa shape index (κ1) is 45.6. The number of hydrogen-bond acceptors (Lipinski definition) is 15. The third-order valence-electron chi connectivity index (χ3n) is 11.9. The standard InChI is InChI=1S/C45H59N11O6S/c1-28-35(42(59)53-45-50-30(3)32(5)63-45)11-8-12-37(28)46-15-21-61-23-24-62-22-16-47-39(58)27-54-17-19-55(20-18-54)34-13-14-38(48-25-34)51-44-49-26-36-29(2)40(31(4)57)43(60)56(41(36)52-44)33-9-6-7-10-33/h8,11-14,25-26,30,32-33,46H,6-7,9-10,15-24,27H2,1-5H3,(H,47,58)(H,50,53,59)(H,48,49,51,52). The molecule has 1 saturated carbocycles. The van der Waals surface area contributed by atoms with E-state index in [4.69, 9.17) is 14.5 Å². The van der Waals surface area contributed by atoms with Gasteiger partial charge in [0.05, 0.1) is 56.5 Å². The number of pyridine rings is 2. The van der Waals surface area contributed by atoms with Crippen LogP contribution < -0.4 is 31.7 Å². The van der Waals surface area contributed by atoms with Gasteiger partial charge in [0.25, 0.3) is 11.5 Å². The highest BCUT2D eigenvalue weighted by molar-refractivity contribution is 8.14. The second kappa shape index (κ2) is 21.3. The van der Waals surface area contributed by atoms with Crippen LogP contribution in [0.3, 0.4) is 0 Å². The fourth-order valence-electron chi connectivity index (χ4n) is 8.23. The number of carbonyl (C=O) groups excluding carboxylic acids is 3. The first-order valence-electron chi connectivity index (χ1n) is 21.9. The summed E-state index contributed by atoms with van der Waals surface area (Å²) in [5.41, 5.74) is 4.40. The van der Waals surface area contributed by atoms with Crippen molar-refractivity contribution in [1.29, 1.82) is 0 Å². The molecule has 2 amide bonds. The van der Waals surface area contributed by atoms with E-state index in [2.05, 4.69) is 53.0 Å². The maximum Gasteiger partial charge on any atom is 0.263 e. The van der Waals surface area contributed by atoms with Crippen molar-refractivity contribution in [2.24, 2.45) is 4.99 Å². The van der Waals surface area contributed by atoms with E-state index in [1.165, 1.54) is 6.92 Å². The number of benzene rings is 1. The van der Waals surface area contributed by atoms with Gasteiger partial charge in [-0.2, -0.15) is 4.98 Å². The molecule has 4 aromatic rings. The molecule has 3 aromatic heterocycles. The summed E-state index contributed by atoms with van der Waals surface area (Å²) in [7, 11) is 0. The minimum absolute atomic E-state index is 0.00163. The molecule has 18 heteroatoms. The van der Waals surface area contributed by atoms with E-state index >= 15 is 0 Å². The molecule has 7 rings (SSSR count). The van der Waals surface area contributed by atoms with Crippen LogP contribution in [0.15, 0.2) is 52.5 Å². The zero-order valence-electron chi connectivity index (χ0n) is 36.9. The fraction of sp³-hybridized carbons (Fsp3) is 0.511. The minimum atomic E-state index is -0.282. The third-order valence-corrected chi connectivity index (χ3v) is 13.1. The first-order valence-corrected chi connectivity index (χ1v) is 22.8. The summed E-state index contributed by atoms with van der Waals surface area (Å²) in [5.74, 6) is 0.450. The minimum Gasteiger partial charge on any atom is -0.382 e. The van der Waals surface area contributed by atoms with E-state index in [1.54, 1.807) is 29.4 Å². The van der Waals surface area contributed by atoms with Crippen molar-refractivity contribution >= 4 is 68.7 Å². The van der Waals surface area contributed by atoms with Gasteiger partial charge in [-0.15, -0.1) is 0 Å². The Kier molecular flexibility index (Phi) is 15.4. The fourth-order valence-corrected chi connectivity index (χ4v) is 9.22. The van der Waals surface area contributed by atoms with Gasteiger partial charge in [0.1, 0.15) is 11.5 Å². The summed E-state index contributed by atoms with van der Waals surface area (Å²) in [4.78, 5) is 74.4. The number of carbonyl (C=O) groups is 3. The summed E-state index contributed by atoms with van der Waals surface area (Å²) >= 11 is 1.58. The maximum absolute atomic E-state index is 13.6. The van der Waals surface area contributed by atoms with Crippen LogP contribution in [0.4, 0.5) is 23.1 Å². The number of ketones is 1. The molecule has 1 aliphatic carbocycles. The summed E-state index contributed by atoms with van der Waals surface area (Å²) < 4.78 is 13.1. The highest BCUT2D eigenvalue weighted by Gasteiger charge is 2.27. The number of aliphatic imine (C=N–C) groups is 1. The molecule has 1 saturated heterocycles. The summed E-state index contributed by atoms with van der Waals surface area (Å²) in [6, 6.07) is 9.69. The Morgan fingerprint density at radius 3 is 2.32 bits per heavy atom. The summed E-state index contributed by atoms with van der Waals surface area (Å²) in [6.45, 7) is 15.3. The van der Waals surface area contributed by atoms with Gasteiger partial charge in [-0.3, -0.25) is 33.6 Å². The molecule has 0 radical (unpaired) electrons. The molecule has 336 valence electrons. The Morgan fingerprint density at radius 2 is 1.63 bits per heavy atom. The van der Waals surface area contributed by atoms with Gasteiger partial charge in [0.15, 0.2) is 11.0 Å². The lowest BCUT2D eigenvalue weighted by molar-refractivity contribution is -0.122. The van der Waals surface area contributed by atoms with Gasteiger partial charge in [0, 0.05) is 73.4 Å². The molecule has 0 spiro atoms. The van der Waals surface area contributed by atoms with Crippen molar-refractivity contribution in [2.45, 2.75) is 77.6 Å². The van der Waals surface area contributed by atoms with Crippen LogP contribution in [0.25, 0.3) is 11.0 Å². The molecule has 5 heterocycles. The monoisotopic (exact) mass is 881 g/mol. The number of Topliss-reactive ketones (excluding diaryl/α,β-unsaturated/α-hetero) is 1. The van der Waals surface area contributed by atoms with Gasteiger partial charge in [-0.25, -0.2) is 9.97 Å². The molecule has 4 N–H and O–H groups in total. The zero-order chi connectivity index (χ0) is 44.5. The Morgan fingerprint density at radius 1 is 0.889 bits per heavy atom. The Labute approximate surface area is 372 Å². The van der Waals surface area contributed by atoms with Gasteiger partial charge >= 0.3 is 0 Å². The van der Waals surface area contributed by atoms with Crippen LogP contribution >= 0.6 is 11.8 Å². The van der Waals surface area contributed by atoms with Crippen molar-refractivity contribution < 1.29 is 23.9 Å². The highest BCUT2D eigenvalue weighted by atomic mass is 32.2. The number of amidine groups is 1. The number of aromatic nitrogens is 4. The number of piperazine rings is 1. The number of aryl methyl sites for hydroxylation is 1. The SMILES string of the molecule is CC(=O)c1c(C)c2cnc(Nc3ccc(N4CCN(CC(=O)NCCOCCOCCNc5cccc(C(=O)NC6=NC(C)C(C)S6)c5C)CC4)cn3)nc2n(C2CCCC2)c1=O. The lowest BCUT2D eigenvalue weighted by atomic mass is 10.0. The number of hydrogen-bond donors (Lipinski definition) is 4. The van der Waals surface area contributed by atoms with Crippen LogP contribution in [0.1, 0.15) is 84.3 Å². The number of amides is 2. The van der Waals surface area contributed by atoms with E-state index < -0.39 is 0 Å². The van der Waals surface area contributed by atoms with Crippen molar-refractivity contribution in [3.8, 4) is 0 Å². The molecule has 2 fully saturated rings. The van der Waals surface area contributed by atoms with E-state index in [0.29, 0.717) is 90.4 Å². The molecule has 0 bridgehead atoms. The average Bonchev–Trinajstić information content (AvgIpc) is 3.91. The van der Waals surface area contributed by atoms with E-state index in [-0.39, 0.29) is 40.8 Å². The predicted molar refractivity (Wildman–Crippen MR) is 248 cm³/mol. The van der Waals surface area contributed by atoms with Crippen LogP contribution in [-0.2, 0) is 14.3 Å². The van der Waals surface area contributed by atoms with Gasteiger partial charge in [0.2, 0.25) is 11.9 Å². The second-order valence-corrected chi connectivity index (χ2v) is 17.7. The molecule has 2 aliphatic heterocycles. The lowest BCUT2D eigenvalue weighted by Gasteiger charge is -2.35. The summed E-state index contributed by atoms with van der Waals surface area (Å²) in [6.07, 6.45) is 7.31. The lowest BCUT2D eigenvalue weighted by Crippen LogP contribution is -2.49. The molecule has 3 aliphatic rings. The number of rotatable bonds is 18. The van der Waals surface area contributed by atoms with E-state index in [1.807, 2.05) is 50.4 Å². The van der Waals surface area contributed by atoms with Crippen LogP contribution in [-0.4, -0.2) is 131 Å². The first-order chi connectivity index (χ1) is 30.5. The Bertz CT molecular complexity index is 2360. The van der Waals surface area contributed by atoms with Crippen molar-refractivity contribution in [3.05, 3.63) is 75.3 Å². The number of thioether (sulfide) groups is 1. The number of fused-ring (bicyclic) bond motifs is 1. The third kappa shape index (κ3) is 11.4. The molecule has 63 heavy (non-hydrogen) atoms. The van der Waals surface area contributed by atoms with Crippen molar-refractivity contribution in [3.63, 3.8) is 0 Å². The smallest absolute Gasteiger partial charge is 0.263 e. The molecule has 2 atom stereocenters. The number of nitrogens with one attached hydrogen (secondary N) is 4. The van der Waals surface area contributed by atoms with Crippen LogP contribution in [0, 0.1) is 13.8 Å². The number of anilines is 4. The van der Waals surface area contributed by atoms with Crippen LogP contribution in [0.5, 0.6) is 0 Å². The molecular formula is C45H59N11O6S. The number of nitrogens with zero attached hydrogens (tertiary/aromatic N) is 7. The second-order valence-electron chi connectivity index (χ2n) is 16.3.